The van der Waals surface area contributed by atoms with Crippen LogP contribution in [-0.2, 0) is 0 Å². The summed E-state index contributed by atoms with van der Waals surface area (Å²) >= 11 is 5.64. The highest BCUT2D eigenvalue weighted by Crippen LogP contribution is 2.26. The molecule has 0 aliphatic rings. The number of alkyl halides is 1. The Morgan fingerprint density at radius 2 is 2.29 bits per heavy atom. The predicted octanol–water partition coefficient (Wildman–Crippen LogP) is 2.01. The molecule has 0 heterocycles. The van der Waals surface area contributed by atoms with Gasteiger partial charge >= 0.3 is 0 Å². The van der Waals surface area contributed by atoms with Crippen molar-refractivity contribution in [2.45, 2.75) is 6.92 Å². The van der Waals surface area contributed by atoms with Gasteiger partial charge in [-0.25, -0.2) is 0 Å². The van der Waals surface area contributed by atoms with Crippen molar-refractivity contribution in [1.82, 2.24) is 5.32 Å². The van der Waals surface area contributed by atoms with Crippen molar-refractivity contribution in [3.63, 3.8) is 0 Å². The van der Waals surface area contributed by atoms with Gasteiger partial charge in [-0.05, 0) is 24.1 Å². The molecule has 94 valence electrons. The van der Waals surface area contributed by atoms with E-state index >= 15 is 0 Å². The number of amides is 1. The Morgan fingerprint density at radius 3 is 2.82 bits per heavy atom. The van der Waals surface area contributed by atoms with Gasteiger partial charge in [0.15, 0.2) is 11.5 Å². The fourth-order valence-corrected chi connectivity index (χ4v) is 1.36. The average Bonchev–Trinajstić information content (AvgIpc) is 2.35. The van der Waals surface area contributed by atoms with E-state index in [1.54, 1.807) is 12.1 Å². The summed E-state index contributed by atoms with van der Waals surface area (Å²) in [5.74, 6) is 0.766. The van der Waals surface area contributed by atoms with E-state index in [0.29, 0.717) is 23.7 Å². The molecule has 1 aromatic carbocycles. The van der Waals surface area contributed by atoms with E-state index in [9.17, 15) is 9.90 Å². The Labute approximate surface area is 106 Å². The zero-order chi connectivity index (χ0) is 12.8. The number of ether oxygens (including phenoxy) is 1. The van der Waals surface area contributed by atoms with Gasteiger partial charge < -0.3 is 15.2 Å². The topological polar surface area (TPSA) is 58.6 Å². The molecule has 1 aromatic rings. The van der Waals surface area contributed by atoms with Gasteiger partial charge in [-0.3, -0.25) is 4.79 Å². The number of carbonyl (C=O) groups is 1. The number of methoxy groups -OCH3 is 1. The summed E-state index contributed by atoms with van der Waals surface area (Å²) < 4.78 is 4.90. The number of hydrogen-bond acceptors (Lipinski definition) is 3. The van der Waals surface area contributed by atoms with E-state index in [0.717, 1.165) is 0 Å². The number of halogens is 1. The molecule has 1 rings (SSSR count). The fourth-order valence-electron chi connectivity index (χ4n) is 1.25. The Balaban J connectivity index is 2.66. The largest absolute Gasteiger partial charge is 0.504 e. The Hall–Kier alpha value is -1.42. The second-order valence-electron chi connectivity index (χ2n) is 3.86. The zero-order valence-electron chi connectivity index (χ0n) is 9.87. The Kier molecular flexibility index (Phi) is 5.10. The molecule has 0 aliphatic carbocycles. The lowest BCUT2D eigenvalue weighted by Crippen LogP contribution is -2.28. The molecule has 0 aliphatic heterocycles. The number of phenolic OH excluding ortho intramolecular Hbond substituents is 1. The van der Waals surface area contributed by atoms with Gasteiger partial charge in [0, 0.05) is 18.0 Å². The van der Waals surface area contributed by atoms with Crippen LogP contribution in [0.4, 0.5) is 0 Å². The van der Waals surface area contributed by atoms with Gasteiger partial charge in [0.1, 0.15) is 0 Å². The average molecular weight is 258 g/mol. The number of hydrogen-bond donors (Lipinski definition) is 2. The molecule has 1 amide bonds. The first-order valence-corrected chi connectivity index (χ1v) is 5.83. The minimum absolute atomic E-state index is 0.0504. The van der Waals surface area contributed by atoms with Gasteiger partial charge in [-0.15, -0.1) is 11.6 Å². The maximum Gasteiger partial charge on any atom is 0.251 e. The predicted molar refractivity (Wildman–Crippen MR) is 66.9 cm³/mol. The molecule has 2 N–H and O–H groups in total. The van der Waals surface area contributed by atoms with Crippen LogP contribution in [0.1, 0.15) is 17.3 Å². The Morgan fingerprint density at radius 1 is 1.59 bits per heavy atom. The van der Waals surface area contributed by atoms with Gasteiger partial charge in [0.25, 0.3) is 5.91 Å². The minimum Gasteiger partial charge on any atom is -0.504 e. The number of rotatable bonds is 5. The third kappa shape index (κ3) is 3.82. The van der Waals surface area contributed by atoms with Crippen LogP contribution < -0.4 is 10.1 Å². The second-order valence-corrected chi connectivity index (χ2v) is 4.16. The van der Waals surface area contributed by atoms with Crippen LogP contribution >= 0.6 is 11.6 Å². The van der Waals surface area contributed by atoms with Gasteiger partial charge in [-0.2, -0.15) is 0 Å². The van der Waals surface area contributed by atoms with Crippen LogP contribution in [0.15, 0.2) is 18.2 Å². The molecule has 0 spiro atoms. The van der Waals surface area contributed by atoms with Crippen LogP contribution in [0.5, 0.6) is 11.5 Å². The normalized spacial score (nSPS) is 11.9. The molecule has 1 unspecified atom stereocenters. The zero-order valence-corrected chi connectivity index (χ0v) is 10.6. The number of carbonyl (C=O) groups excluding carboxylic acids is 1. The quantitative estimate of drug-likeness (QED) is 0.794. The summed E-state index contributed by atoms with van der Waals surface area (Å²) in [6.07, 6.45) is 0. The minimum atomic E-state index is -0.236. The van der Waals surface area contributed by atoms with E-state index in [1.165, 1.54) is 13.2 Å². The standard InChI is InChI=1S/C12H16ClNO3/c1-8(6-13)7-14-12(16)9-3-4-11(17-2)10(15)5-9/h3-5,8,15H,6-7H2,1-2H3,(H,14,16). The summed E-state index contributed by atoms with van der Waals surface area (Å²) in [7, 11) is 1.46. The molecule has 0 bridgehead atoms. The molecule has 4 nitrogen and oxygen atoms in total. The monoisotopic (exact) mass is 257 g/mol. The third-order valence-electron chi connectivity index (χ3n) is 2.32. The first kappa shape index (κ1) is 13.6. The molecule has 17 heavy (non-hydrogen) atoms. The van der Waals surface area contributed by atoms with E-state index in [1.807, 2.05) is 6.92 Å². The highest BCUT2D eigenvalue weighted by molar-refractivity contribution is 6.18. The number of phenols is 1. The van der Waals surface area contributed by atoms with E-state index in [4.69, 9.17) is 16.3 Å². The summed E-state index contributed by atoms with van der Waals surface area (Å²) in [4.78, 5) is 11.7. The molecule has 1 atom stereocenters. The van der Waals surface area contributed by atoms with Crippen molar-refractivity contribution in [3.8, 4) is 11.5 Å². The van der Waals surface area contributed by atoms with Crippen LogP contribution in [-0.4, -0.2) is 30.5 Å². The van der Waals surface area contributed by atoms with Crippen LogP contribution in [0.3, 0.4) is 0 Å². The van der Waals surface area contributed by atoms with Gasteiger partial charge in [-0.1, -0.05) is 6.92 Å². The number of aromatic hydroxyl groups is 1. The van der Waals surface area contributed by atoms with Crippen molar-refractivity contribution in [2.75, 3.05) is 19.5 Å². The van der Waals surface area contributed by atoms with Crippen LogP contribution in [0.25, 0.3) is 0 Å². The van der Waals surface area contributed by atoms with E-state index < -0.39 is 0 Å². The maximum atomic E-state index is 11.7. The van der Waals surface area contributed by atoms with Gasteiger partial charge in [0.2, 0.25) is 0 Å². The molecular formula is C12H16ClNO3. The summed E-state index contributed by atoms with van der Waals surface area (Å²) in [6.45, 7) is 2.45. The van der Waals surface area contributed by atoms with Crippen molar-refractivity contribution in [2.24, 2.45) is 5.92 Å². The summed E-state index contributed by atoms with van der Waals surface area (Å²) in [6, 6.07) is 4.52. The lowest BCUT2D eigenvalue weighted by molar-refractivity contribution is 0.0949. The van der Waals surface area contributed by atoms with Crippen molar-refractivity contribution in [3.05, 3.63) is 23.8 Å². The number of benzene rings is 1. The SMILES string of the molecule is COc1ccc(C(=O)NCC(C)CCl)cc1O. The van der Waals surface area contributed by atoms with E-state index in [2.05, 4.69) is 5.32 Å². The van der Waals surface area contributed by atoms with Crippen molar-refractivity contribution < 1.29 is 14.6 Å². The molecule has 0 saturated carbocycles. The third-order valence-corrected chi connectivity index (χ3v) is 2.84. The first-order valence-electron chi connectivity index (χ1n) is 5.29. The molecule has 0 aromatic heterocycles. The van der Waals surface area contributed by atoms with Crippen molar-refractivity contribution >= 4 is 17.5 Å². The summed E-state index contributed by atoms with van der Waals surface area (Å²) in [5.41, 5.74) is 0.394. The number of nitrogens with one attached hydrogen (secondary N) is 1. The molecular weight excluding hydrogens is 242 g/mol. The molecule has 0 radical (unpaired) electrons. The fraction of sp³-hybridized carbons (Fsp3) is 0.417. The second kappa shape index (κ2) is 6.35. The van der Waals surface area contributed by atoms with Crippen molar-refractivity contribution in [1.29, 1.82) is 0 Å². The Bertz CT molecular complexity index is 395. The van der Waals surface area contributed by atoms with Crippen LogP contribution in [0.2, 0.25) is 0 Å². The molecule has 0 saturated heterocycles. The highest BCUT2D eigenvalue weighted by atomic mass is 35.5. The lowest BCUT2D eigenvalue weighted by atomic mass is 10.1. The highest BCUT2D eigenvalue weighted by Gasteiger charge is 2.10. The summed E-state index contributed by atoms with van der Waals surface area (Å²) in [5, 5.41) is 12.3. The smallest absolute Gasteiger partial charge is 0.251 e. The van der Waals surface area contributed by atoms with Crippen LogP contribution in [0, 0.1) is 5.92 Å². The lowest BCUT2D eigenvalue weighted by Gasteiger charge is -2.10. The molecule has 5 heteroatoms. The first-order chi connectivity index (χ1) is 8.08. The maximum absolute atomic E-state index is 11.7. The van der Waals surface area contributed by atoms with E-state index in [-0.39, 0.29) is 17.6 Å². The van der Waals surface area contributed by atoms with Gasteiger partial charge in [0.05, 0.1) is 7.11 Å². The molecule has 0 fully saturated rings.